The van der Waals surface area contributed by atoms with E-state index in [1.807, 2.05) is 26.8 Å². The lowest BCUT2D eigenvalue weighted by atomic mass is 9.81. The Hall–Kier alpha value is -0.620. The summed E-state index contributed by atoms with van der Waals surface area (Å²) in [6, 6.07) is 0. The van der Waals surface area contributed by atoms with Gasteiger partial charge in [0.1, 0.15) is 5.04 Å². The summed E-state index contributed by atoms with van der Waals surface area (Å²) in [6.45, 7) is 9.50. The van der Waals surface area contributed by atoms with Crippen LogP contribution in [0.4, 0.5) is 0 Å². The molecule has 0 heterocycles. The maximum absolute atomic E-state index is 11.9. The predicted molar refractivity (Wildman–Crippen MR) is 81.3 cm³/mol. The Morgan fingerprint density at radius 1 is 1.56 bits per heavy atom. The van der Waals surface area contributed by atoms with Crippen LogP contribution in [0.5, 0.6) is 0 Å². The Morgan fingerprint density at radius 3 is 2.56 bits per heavy atom. The van der Waals surface area contributed by atoms with Crippen molar-refractivity contribution in [1.82, 2.24) is 5.32 Å². The lowest BCUT2D eigenvalue weighted by molar-refractivity contribution is -0.124. The zero-order chi connectivity index (χ0) is 14.2. The molecule has 0 saturated heterocycles. The summed E-state index contributed by atoms with van der Waals surface area (Å²) in [5.74, 6) is 0.268. The number of carbonyl (C=O) groups is 1. The lowest BCUT2D eigenvalue weighted by Crippen LogP contribution is -2.40. The molecule has 1 atom stereocenters. The third-order valence-corrected chi connectivity index (χ3v) is 4.47. The molecule has 6 heteroatoms. The molecule has 1 unspecified atom stereocenters. The van der Waals surface area contributed by atoms with Gasteiger partial charge in [-0.3, -0.25) is 4.79 Å². The third-order valence-electron chi connectivity index (χ3n) is 2.25. The van der Waals surface area contributed by atoms with E-state index >= 15 is 0 Å². The minimum absolute atomic E-state index is 0.128. The van der Waals surface area contributed by atoms with Gasteiger partial charge in [-0.25, -0.2) is 0 Å². The smallest absolute Gasteiger partial charge is 0.230 e. The van der Waals surface area contributed by atoms with E-state index in [9.17, 15) is 4.79 Å². The molecule has 0 aromatic rings. The van der Waals surface area contributed by atoms with Crippen LogP contribution in [0.3, 0.4) is 0 Å². The van der Waals surface area contributed by atoms with E-state index in [-0.39, 0.29) is 11.3 Å². The number of hydrogen-bond acceptors (Lipinski definition) is 5. The highest BCUT2D eigenvalue weighted by Gasteiger charge is 2.35. The quantitative estimate of drug-likeness (QED) is 0.150. The van der Waals surface area contributed by atoms with Crippen molar-refractivity contribution >= 4 is 34.5 Å². The van der Waals surface area contributed by atoms with Crippen LogP contribution in [0.25, 0.3) is 0 Å². The lowest BCUT2D eigenvalue weighted by Gasteiger charge is -2.29. The van der Waals surface area contributed by atoms with Gasteiger partial charge in [-0.05, 0) is 5.41 Å². The van der Waals surface area contributed by atoms with Gasteiger partial charge in [0.05, 0.1) is 5.92 Å². The monoisotopic (exact) mass is 290 g/mol. The number of nitrogens with one attached hydrogen (secondary N) is 1. The molecule has 0 aromatic heterocycles. The fourth-order valence-electron chi connectivity index (χ4n) is 1.42. The summed E-state index contributed by atoms with van der Waals surface area (Å²) in [5, 5.41) is 16.2. The number of nitrogens with zero attached hydrogens (tertiary/aromatic N) is 1. The van der Waals surface area contributed by atoms with Gasteiger partial charge >= 0.3 is 0 Å². The maximum atomic E-state index is 11.9. The van der Waals surface area contributed by atoms with Crippen molar-refractivity contribution < 1.29 is 10.0 Å². The average molecular weight is 290 g/mol. The van der Waals surface area contributed by atoms with Crippen molar-refractivity contribution in [2.24, 2.45) is 16.5 Å². The Labute approximate surface area is 118 Å². The van der Waals surface area contributed by atoms with Gasteiger partial charge in [-0.2, -0.15) is 0 Å². The van der Waals surface area contributed by atoms with Crippen LogP contribution >= 0.6 is 23.5 Å². The van der Waals surface area contributed by atoms with Crippen LogP contribution in [0.2, 0.25) is 0 Å². The van der Waals surface area contributed by atoms with Gasteiger partial charge in [-0.1, -0.05) is 43.8 Å². The van der Waals surface area contributed by atoms with Gasteiger partial charge in [-0.15, -0.1) is 18.3 Å². The van der Waals surface area contributed by atoms with Crippen molar-refractivity contribution in [3.8, 4) is 0 Å². The van der Waals surface area contributed by atoms with Crippen LogP contribution in [-0.4, -0.2) is 34.0 Å². The van der Waals surface area contributed by atoms with Gasteiger partial charge in [0.25, 0.3) is 0 Å². The largest absolute Gasteiger partial charge is 0.410 e. The molecule has 1 amide bonds. The molecule has 104 valence electrons. The number of carbonyl (C=O) groups excluding carboxylic acids is 1. The van der Waals surface area contributed by atoms with Crippen LogP contribution in [0.1, 0.15) is 20.8 Å². The molecule has 0 saturated carbocycles. The number of oxime groups is 1. The summed E-state index contributed by atoms with van der Waals surface area (Å²) < 4.78 is 0. The van der Waals surface area contributed by atoms with E-state index in [1.165, 1.54) is 11.8 Å². The summed E-state index contributed by atoms with van der Waals surface area (Å²) in [6.07, 6.45) is 1.82. The molecule has 0 radical (unpaired) electrons. The second-order valence-electron chi connectivity index (χ2n) is 4.77. The van der Waals surface area contributed by atoms with Crippen molar-refractivity contribution in [2.75, 3.05) is 17.9 Å². The molecule has 0 aromatic carbocycles. The normalized spacial score (nSPS) is 14.1. The fraction of sp³-hybridized carbons (Fsp3) is 0.667. The Morgan fingerprint density at radius 2 is 2.17 bits per heavy atom. The molecule has 2 N–H and O–H groups in total. The molecular formula is C12H22N2O2S2. The number of rotatable bonds is 6. The molecule has 0 spiro atoms. The first kappa shape index (κ1) is 17.4. The first-order valence-electron chi connectivity index (χ1n) is 5.63. The summed E-state index contributed by atoms with van der Waals surface area (Å²) in [4.78, 5) is 11.9. The van der Waals surface area contributed by atoms with Crippen LogP contribution in [0.15, 0.2) is 17.8 Å². The predicted octanol–water partition coefficient (Wildman–Crippen LogP) is 2.79. The summed E-state index contributed by atoms with van der Waals surface area (Å²) >= 11 is 3.06. The Bertz CT molecular complexity index is 312. The second kappa shape index (κ2) is 8.48. The first-order chi connectivity index (χ1) is 8.38. The zero-order valence-corrected chi connectivity index (χ0v) is 13.0. The molecule has 18 heavy (non-hydrogen) atoms. The van der Waals surface area contributed by atoms with Crippen LogP contribution in [0, 0.1) is 11.3 Å². The number of amides is 1. The van der Waals surface area contributed by atoms with Crippen LogP contribution in [-0.2, 0) is 4.79 Å². The molecule has 0 aliphatic heterocycles. The van der Waals surface area contributed by atoms with Gasteiger partial charge < -0.3 is 10.5 Å². The minimum atomic E-state index is -0.443. The number of thioether (sulfide) groups is 2. The highest BCUT2D eigenvalue weighted by molar-refractivity contribution is 8.24. The van der Waals surface area contributed by atoms with E-state index < -0.39 is 5.92 Å². The van der Waals surface area contributed by atoms with E-state index in [1.54, 1.807) is 18.8 Å². The molecular weight excluding hydrogens is 268 g/mol. The minimum Gasteiger partial charge on any atom is -0.410 e. The molecule has 4 nitrogen and oxygen atoms in total. The highest BCUT2D eigenvalue weighted by Crippen LogP contribution is 2.32. The van der Waals surface area contributed by atoms with E-state index in [0.717, 1.165) is 10.8 Å². The van der Waals surface area contributed by atoms with Gasteiger partial charge in [0, 0.05) is 17.9 Å². The molecule has 0 aliphatic carbocycles. The summed E-state index contributed by atoms with van der Waals surface area (Å²) in [5.41, 5.74) is -0.294. The van der Waals surface area contributed by atoms with E-state index in [2.05, 4.69) is 17.1 Å². The van der Waals surface area contributed by atoms with Gasteiger partial charge in [0.2, 0.25) is 5.91 Å². The zero-order valence-electron chi connectivity index (χ0n) is 11.4. The molecule has 0 rings (SSSR count). The second-order valence-corrected chi connectivity index (χ2v) is 7.16. The summed E-state index contributed by atoms with van der Waals surface area (Å²) in [7, 11) is 1.59. The molecule has 0 aliphatic rings. The van der Waals surface area contributed by atoms with Crippen LogP contribution < -0.4 is 5.32 Å². The van der Waals surface area contributed by atoms with E-state index in [0.29, 0.717) is 5.04 Å². The maximum Gasteiger partial charge on any atom is 0.230 e. The molecule has 0 bridgehead atoms. The van der Waals surface area contributed by atoms with Crippen molar-refractivity contribution in [1.29, 1.82) is 0 Å². The standard InChI is InChI=1S/C12H22N2O2S2/c1-6-7-17-8-18-11(14-16)9(10(15)13-5)12(2,3)4/h6,9,16H,1,7-8H2,2-5H3,(H,13,15). The van der Waals surface area contributed by atoms with E-state index in [4.69, 9.17) is 5.21 Å². The first-order valence-corrected chi connectivity index (χ1v) is 7.77. The SMILES string of the molecule is C=CCSCSC(=NO)C(C(=O)NC)C(C)(C)C. The Kier molecular flexibility index (Phi) is 8.18. The number of hydrogen-bond donors (Lipinski definition) is 2. The topological polar surface area (TPSA) is 61.7 Å². The average Bonchev–Trinajstić information content (AvgIpc) is 2.30. The van der Waals surface area contributed by atoms with Crippen molar-refractivity contribution in [2.45, 2.75) is 20.8 Å². The Balaban J connectivity index is 4.74. The highest BCUT2D eigenvalue weighted by atomic mass is 32.2. The third kappa shape index (κ3) is 5.82. The fourth-order valence-corrected chi connectivity index (χ4v) is 3.48. The van der Waals surface area contributed by atoms with Gasteiger partial charge in [0.15, 0.2) is 0 Å². The molecule has 0 fully saturated rings. The van der Waals surface area contributed by atoms with Crippen molar-refractivity contribution in [3.63, 3.8) is 0 Å². The van der Waals surface area contributed by atoms with Crippen molar-refractivity contribution in [3.05, 3.63) is 12.7 Å².